The van der Waals surface area contributed by atoms with Crippen LogP contribution < -0.4 is 14.8 Å². The van der Waals surface area contributed by atoms with Crippen LogP contribution in [0.2, 0.25) is 5.28 Å². The predicted octanol–water partition coefficient (Wildman–Crippen LogP) is 3.05. The van der Waals surface area contributed by atoms with Crippen molar-refractivity contribution in [3.8, 4) is 11.8 Å². The molecular weight excluding hydrogens is 336 g/mol. The van der Waals surface area contributed by atoms with Gasteiger partial charge in [0.2, 0.25) is 11.2 Å². The number of nitrogens with one attached hydrogen (secondary N) is 1. The molecule has 0 amide bonds. The first-order chi connectivity index (χ1) is 9.12. The minimum absolute atomic E-state index is 0.0494. The third kappa shape index (κ3) is 3.45. The van der Waals surface area contributed by atoms with Gasteiger partial charge in [-0.1, -0.05) is 0 Å². The van der Waals surface area contributed by atoms with Crippen molar-refractivity contribution in [2.75, 3.05) is 19.5 Å². The summed E-state index contributed by atoms with van der Waals surface area (Å²) >= 11 is 9.19. The number of ether oxygens (including phenoxy) is 2. The van der Waals surface area contributed by atoms with Gasteiger partial charge in [0.15, 0.2) is 0 Å². The smallest absolute Gasteiger partial charge is 0.322 e. The first kappa shape index (κ1) is 13.8. The van der Waals surface area contributed by atoms with Crippen LogP contribution in [0, 0.1) is 0 Å². The number of hydrogen-bond acceptors (Lipinski definition) is 6. The van der Waals surface area contributed by atoms with E-state index in [0.717, 1.165) is 10.2 Å². The summed E-state index contributed by atoms with van der Waals surface area (Å²) in [5.74, 6) is 0.989. The predicted molar refractivity (Wildman–Crippen MR) is 75.4 cm³/mol. The number of methoxy groups -OCH3 is 2. The summed E-state index contributed by atoms with van der Waals surface area (Å²) in [5.41, 5.74) is 0.740. The fourth-order valence-corrected chi connectivity index (χ4v) is 1.82. The van der Waals surface area contributed by atoms with Gasteiger partial charge in [0.25, 0.3) is 0 Å². The highest BCUT2D eigenvalue weighted by Gasteiger charge is 2.08. The molecule has 2 rings (SSSR count). The molecule has 0 aliphatic rings. The molecule has 1 aromatic carbocycles. The molecule has 0 saturated heterocycles. The Kier molecular flexibility index (Phi) is 4.39. The van der Waals surface area contributed by atoms with E-state index in [1.54, 1.807) is 13.2 Å². The topological polar surface area (TPSA) is 69.2 Å². The molecule has 8 heteroatoms. The maximum atomic E-state index is 5.77. The first-order valence-electron chi connectivity index (χ1n) is 5.18. The molecule has 1 heterocycles. The Bertz CT molecular complexity index is 597. The van der Waals surface area contributed by atoms with Gasteiger partial charge in [-0.25, -0.2) is 0 Å². The molecule has 1 N–H and O–H groups in total. The monoisotopic (exact) mass is 344 g/mol. The number of anilines is 2. The van der Waals surface area contributed by atoms with E-state index in [4.69, 9.17) is 21.1 Å². The third-order valence-corrected chi connectivity index (χ3v) is 3.05. The quantitative estimate of drug-likeness (QED) is 0.918. The molecule has 2 aromatic rings. The Morgan fingerprint density at radius 1 is 1.16 bits per heavy atom. The standard InChI is InChI=1S/C11H10BrClN4O2/c1-18-6-3-4-7(12)8(5-6)14-10-15-9(13)16-11(17-10)19-2/h3-5H,1-2H3,(H,14,15,16,17). The lowest BCUT2D eigenvalue weighted by Gasteiger charge is -2.09. The maximum absolute atomic E-state index is 5.77. The summed E-state index contributed by atoms with van der Waals surface area (Å²) in [6.07, 6.45) is 0. The van der Waals surface area contributed by atoms with Gasteiger partial charge in [-0.05, 0) is 39.7 Å². The van der Waals surface area contributed by atoms with Crippen LogP contribution in [0.15, 0.2) is 22.7 Å². The van der Waals surface area contributed by atoms with Crippen molar-refractivity contribution in [2.45, 2.75) is 0 Å². The Morgan fingerprint density at radius 2 is 1.95 bits per heavy atom. The average Bonchev–Trinajstić information content (AvgIpc) is 2.40. The Morgan fingerprint density at radius 3 is 2.63 bits per heavy atom. The molecule has 19 heavy (non-hydrogen) atoms. The van der Waals surface area contributed by atoms with Crippen LogP contribution in [0.4, 0.5) is 11.6 Å². The fraction of sp³-hybridized carbons (Fsp3) is 0.182. The Labute approximate surface area is 123 Å². The SMILES string of the molecule is COc1ccc(Br)c(Nc2nc(Cl)nc(OC)n2)c1. The lowest BCUT2D eigenvalue weighted by Crippen LogP contribution is -2.02. The summed E-state index contributed by atoms with van der Waals surface area (Å²) in [6.45, 7) is 0. The van der Waals surface area contributed by atoms with Gasteiger partial charge in [-0.15, -0.1) is 0 Å². The van der Waals surface area contributed by atoms with Crippen molar-refractivity contribution in [2.24, 2.45) is 0 Å². The Balaban J connectivity index is 2.32. The van der Waals surface area contributed by atoms with Crippen LogP contribution >= 0.6 is 27.5 Å². The number of benzene rings is 1. The van der Waals surface area contributed by atoms with E-state index in [2.05, 4.69) is 36.2 Å². The molecule has 0 spiro atoms. The van der Waals surface area contributed by atoms with Gasteiger partial charge >= 0.3 is 6.01 Å². The van der Waals surface area contributed by atoms with Crippen LogP contribution in [-0.4, -0.2) is 29.2 Å². The molecule has 100 valence electrons. The van der Waals surface area contributed by atoms with Crippen LogP contribution in [0.3, 0.4) is 0 Å². The minimum atomic E-state index is 0.0494. The van der Waals surface area contributed by atoms with E-state index in [1.807, 2.05) is 12.1 Å². The van der Waals surface area contributed by atoms with Gasteiger partial charge in [0.1, 0.15) is 5.75 Å². The van der Waals surface area contributed by atoms with Crippen molar-refractivity contribution in [1.29, 1.82) is 0 Å². The molecule has 0 radical (unpaired) electrons. The summed E-state index contributed by atoms with van der Waals surface area (Å²) in [6, 6.07) is 5.62. The third-order valence-electron chi connectivity index (χ3n) is 2.19. The van der Waals surface area contributed by atoms with E-state index in [1.165, 1.54) is 7.11 Å². The second-order valence-corrected chi connectivity index (χ2v) is 4.58. The van der Waals surface area contributed by atoms with Gasteiger partial charge < -0.3 is 14.8 Å². The normalized spacial score (nSPS) is 10.1. The minimum Gasteiger partial charge on any atom is -0.497 e. The number of halogens is 2. The van der Waals surface area contributed by atoms with Crippen molar-refractivity contribution >= 4 is 39.2 Å². The molecule has 0 fully saturated rings. The second-order valence-electron chi connectivity index (χ2n) is 3.39. The molecule has 0 aliphatic heterocycles. The van der Waals surface area contributed by atoms with Gasteiger partial charge in [0, 0.05) is 10.5 Å². The van der Waals surface area contributed by atoms with Crippen molar-refractivity contribution in [1.82, 2.24) is 15.0 Å². The van der Waals surface area contributed by atoms with E-state index in [9.17, 15) is 0 Å². The van der Waals surface area contributed by atoms with Crippen molar-refractivity contribution in [3.63, 3.8) is 0 Å². The summed E-state index contributed by atoms with van der Waals surface area (Å²) in [4.78, 5) is 11.8. The molecule has 1 aromatic heterocycles. The van der Waals surface area contributed by atoms with Crippen LogP contribution in [0.1, 0.15) is 0 Å². The van der Waals surface area contributed by atoms with Gasteiger partial charge in [0.05, 0.1) is 19.9 Å². The number of hydrogen-bond donors (Lipinski definition) is 1. The van der Waals surface area contributed by atoms with E-state index < -0.39 is 0 Å². The molecule has 0 aliphatic carbocycles. The fourth-order valence-electron chi connectivity index (χ4n) is 1.33. The maximum Gasteiger partial charge on any atom is 0.322 e. The molecule has 0 saturated carbocycles. The second kappa shape index (κ2) is 6.03. The van der Waals surface area contributed by atoms with Crippen LogP contribution in [0.25, 0.3) is 0 Å². The zero-order valence-corrected chi connectivity index (χ0v) is 12.5. The lowest BCUT2D eigenvalue weighted by atomic mass is 10.3. The summed E-state index contributed by atoms with van der Waals surface area (Å²) < 4.78 is 10.9. The molecular formula is C11H10BrClN4O2. The molecule has 0 unspecified atom stereocenters. The van der Waals surface area contributed by atoms with Gasteiger partial charge in [-0.2, -0.15) is 15.0 Å². The van der Waals surface area contributed by atoms with Crippen molar-refractivity contribution < 1.29 is 9.47 Å². The highest BCUT2D eigenvalue weighted by atomic mass is 79.9. The number of rotatable bonds is 4. The largest absolute Gasteiger partial charge is 0.497 e. The Hall–Kier alpha value is -1.60. The van der Waals surface area contributed by atoms with Crippen LogP contribution in [0.5, 0.6) is 11.8 Å². The molecule has 6 nitrogen and oxygen atoms in total. The number of nitrogens with zero attached hydrogens (tertiary/aromatic N) is 3. The van der Waals surface area contributed by atoms with Crippen LogP contribution in [-0.2, 0) is 0 Å². The molecule has 0 bridgehead atoms. The molecule has 0 atom stereocenters. The zero-order chi connectivity index (χ0) is 13.8. The first-order valence-corrected chi connectivity index (χ1v) is 6.35. The number of aromatic nitrogens is 3. The van der Waals surface area contributed by atoms with E-state index in [-0.39, 0.29) is 17.2 Å². The lowest BCUT2D eigenvalue weighted by molar-refractivity contribution is 0.379. The van der Waals surface area contributed by atoms with Crippen molar-refractivity contribution in [3.05, 3.63) is 28.0 Å². The van der Waals surface area contributed by atoms with E-state index in [0.29, 0.717) is 5.75 Å². The average molecular weight is 346 g/mol. The van der Waals surface area contributed by atoms with E-state index >= 15 is 0 Å². The van der Waals surface area contributed by atoms with Gasteiger partial charge in [-0.3, -0.25) is 0 Å². The summed E-state index contributed by atoms with van der Waals surface area (Å²) in [5, 5.41) is 3.06. The zero-order valence-electron chi connectivity index (χ0n) is 10.1. The highest BCUT2D eigenvalue weighted by Crippen LogP contribution is 2.29. The summed E-state index contributed by atoms with van der Waals surface area (Å²) in [7, 11) is 3.05. The highest BCUT2D eigenvalue weighted by molar-refractivity contribution is 9.10.